The van der Waals surface area contributed by atoms with Gasteiger partial charge in [-0.15, -0.1) is 0 Å². The standard InChI is InChI=1S/C23H26N4/c1-18-12-19(15-24)5-7-23(18)22-6-4-20(13-21(14-22)16-25)17-27-9-3-8-26(2)10-11-27/h4-7,12-14,22H,3,8-11,17H2,1-2H3. The van der Waals surface area contributed by atoms with Gasteiger partial charge in [0.15, 0.2) is 0 Å². The van der Waals surface area contributed by atoms with Crippen LogP contribution in [0.25, 0.3) is 0 Å². The first-order valence-corrected chi connectivity index (χ1v) is 9.51. The summed E-state index contributed by atoms with van der Waals surface area (Å²) < 4.78 is 0. The first-order valence-electron chi connectivity index (χ1n) is 9.51. The number of hydrogen-bond donors (Lipinski definition) is 0. The zero-order chi connectivity index (χ0) is 19.2. The number of rotatable bonds is 3. The first kappa shape index (κ1) is 19.1. The van der Waals surface area contributed by atoms with Gasteiger partial charge in [-0.3, -0.25) is 4.90 Å². The van der Waals surface area contributed by atoms with Gasteiger partial charge in [-0.05, 0) is 68.4 Å². The van der Waals surface area contributed by atoms with Gasteiger partial charge in [0.1, 0.15) is 0 Å². The Morgan fingerprint density at radius 3 is 2.70 bits per heavy atom. The average molecular weight is 358 g/mol. The summed E-state index contributed by atoms with van der Waals surface area (Å²) >= 11 is 0. The van der Waals surface area contributed by atoms with Crippen molar-refractivity contribution in [2.75, 3.05) is 39.8 Å². The Hall–Kier alpha value is -2.66. The highest BCUT2D eigenvalue weighted by atomic mass is 15.2. The predicted octanol–water partition coefficient (Wildman–Crippen LogP) is 3.53. The van der Waals surface area contributed by atoms with Gasteiger partial charge in [-0.1, -0.05) is 24.3 Å². The minimum Gasteiger partial charge on any atom is -0.305 e. The van der Waals surface area contributed by atoms with E-state index < -0.39 is 0 Å². The van der Waals surface area contributed by atoms with Crippen molar-refractivity contribution in [2.45, 2.75) is 19.3 Å². The molecule has 0 radical (unpaired) electrons. The maximum Gasteiger partial charge on any atom is 0.0991 e. The minimum absolute atomic E-state index is 0.0522. The van der Waals surface area contributed by atoms with Gasteiger partial charge in [-0.25, -0.2) is 0 Å². The number of nitriles is 2. The molecule has 0 bridgehead atoms. The maximum absolute atomic E-state index is 9.58. The van der Waals surface area contributed by atoms with E-state index in [1.54, 1.807) is 0 Å². The van der Waals surface area contributed by atoms with Crippen LogP contribution in [0.1, 0.15) is 29.0 Å². The lowest BCUT2D eigenvalue weighted by Crippen LogP contribution is -2.30. The van der Waals surface area contributed by atoms with Crippen molar-refractivity contribution in [1.82, 2.24) is 9.80 Å². The van der Waals surface area contributed by atoms with Gasteiger partial charge in [0.2, 0.25) is 0 Å². The molecule has 1 aliphatic carbocycles. The van der Waals surface area contributed by atoms with E-state index in [2.05, 4.69) is 41.1 Å². The summed E-state index contributed by atoms with van der Waals surface area (Å²) in [6, 6.07) is 10.3. The van der Waals surface area contributed by atoms with Crippen LogP contribution in [0, 0.1) is 29.6 Å². The summed E-state index contributed by atoms with van der Waals surface area (Å²) in [5.74, 6) is 0.0522. The summed E-state index contributed by atoms with van der Waals surface area (Å²) in [7, 11) is 2.18. The molecule has 27 heavy (non-hydrogen) atoms. The molecule has 1 heterocycles. The molecular formula is C23H26N4. The Morgan fingerprint density at radius 1 is 1.11 bits per heavy atom. The van der Waals surface area contributed by atoms with Crippen LogP contribution in [-0.2, 0) is 0 Å². The Balaban J connectivity index is 1.80. The molecule has 0 saturated carbocycles. The maximum atomic E-state index is 9.58. The molecule has 1 aromatic rings. The van der Waals surface area contributed by atoms with Crippen molar-refractivity contribution in [3.05, 3.63) is 70.3 Å². The van der Waals surface area contributed by atoms with Crippen molar-refractivity contribution >= 4 is 0 Å². The van der Waals surface area contributed by atoms with Crippen LogP contribution in [0.2, 0.25) is 0 Å². The number of hydrogen-bond acceptors (Lipinski definition) is 4. The molecule has 1 aliphatic heterocycles. The molecular weight excluding hydrogens is 332 g/mol. The molecule has 0 aromatic heterocycles. The number of benzene rings is 1. The molecule has 138 valence electrons. The van der Waals surface area contributed by atoms with Crippen LogP contribution in [-0.4, -0.2) is 49.6 Å². The fourth-order valence-corrected chi connectivity index (χ4v) is 3.77. The lowest BCUT2D eigenvalue weighted by atomic mass is 9.92. The van der Waals surface area contributed by atoms with E-state index in [0.717, 1.165) is 43.9 Å². The third-order valence-corrected chi connectivity index (χ3v) is 5.32. The molecule has 1 saturated heterocycles. The van der Waals surface area contributed by atoms with Crippen LogP contribution in [0.3, 0.4) is 0 Å². The Labute approximate surface area is 162 Å². The van der Waals surface area contributed by atoms with E-state index in [4.69, 9.17) is 5.26 Å². The average Bonchev–Trinajstić information content (AvgIpc) is 3.00. The second kappa shape index (κ2) is 8.82. The summed E-state index contributed by atoms with van der Waals surface area (Å²) in [5, 5.41) is 18.7. The highest BCUT2D eigenvalue weighted by Crippen LogP contribution is 2.28. The van der Waals surface area contributed by atoms with Crippen LogP contribution in [0.4, 0.5) is 0 Å². The van der Waals surface area contributed by atoms with Gasteiger partial charge >= 0.3 is 0 Å². The number of likely N-dealkylation sites (N-methyl/N-ethyl adjacent to an activating group) is 1. The van der Waals surface area contributed by atoms with E-state index in [9.17, 15) is 5.26 Å². The van der Waals surface area contributed by atoms with Crippen molar-refractivity contribution in [3.8, 4) is 12.1 Å². The van der Waals surface area contributed by atoms with E-state index in [-0.39, 0.29) is 5.92 Å². The van der Waals surface area contributed by atoms with Gasteiger partial charge < -0.3 is 4.90 Å². The van der Waals surface area contributed by atoms with Crippen molar-refractivity contribution in [3.63, 3.8) is 0 Å². The predicted molar refractivity (Wildman–Crippen MR) is 108 cm³/mol. The van der Waals surface area contributed by atoms with E-state index >= 15 is 0 Å². The number of aryl methyl sites for hydroxylation is 1. The summed E-state index contributed by atoms with van der Waals surface area (Å²) in [4.78, 5) is 4.85. The first-order chi connectivity index (χ1) is 13.1. The molecule has 4 nitrogen and oxygen atoms in total. The molecule has 3 rings (SSSR count). The summed E-state index contributed by atoms with van der Waals surface area (Å²) in [5.41, 5.74) is 4.78. The third-order valence-electron chi connectivity index (χ3n) is 5.32. The minimum atomic E-state index is 0.0522. The summed E-state index contributed by atoms with van der Waals surface area (Å²) in [6.07, 6.45) is 9.56. The molecule has 1 fully saturated rings. The van der Waals surface area contributed by atoms with Crippen LogP contribution >= 0.6 is 0 Å². The van der Waals surface area contributed by atoms with Gasteiger partial charge in [0, 0.05) is 31.1 Å². The van der Waals surface area contributed by atoms with Crippen molar-refractivity contribution in [1.29, 1.82) is 10.5 Å². The van der Waals surface area contributed by atoms with Crippen molar-refractivity contribution in [2.24, 2.45) is 0 Å². The molecule has 4 heteroatoms. The molecule has 1 unspecified atom stereocenters. The fourth-order valence-electron chi connectivity index (χ4n) is 3.77. The Morgan fingerprint density at radius 2 is 1.96 bits per heavy atom. The topological polar surface area (TPSA) is 54.1 Å². The number of nitrogens with zero attached hydrogens (tertiary/aromatic N) is 4. The second-order valence-corrected chi connectivity index (χ2v) is 7.45. The highest BCUT2D eigenvalue weighted by molar-refractivity contribution is 5.49. The monoisotopic (exact) mass is 358 g/mol. The third kappa shape index (κ3) is 4.95. The Kier molecular flexibility index (Phi) is 6.24. The van der Waals surface area contributed by atoms with Gasteiger partial charge in [0.25, 0.3) is 0 Å². The molecule has 0 amide bonds. The Bertz CT molecular complexity index is 863. The molecule has 2 aliphatic rings. The smallest absolute Gasteiger partial charge is 0.0991 e. The highest BCUT2D eigenvalue weighted by Gasteiger charge is 2.16. The van der Waals surface area contributed by atoms with E-state index in [1.165, 1.54) is 12.0 Å². The fraction of sp³-hybridized carbons (Fsp3) is 0.391. The largest absolute Gasteiger partial charge is 0.305 e. The zero-order valence-electron chi connectivity index (χ0n) is 16.2. The summed E-state index contributed by atoms with van der Waals surface area (Å²) in [6.45, 7) is 7.30. The second-order valence-electron chi connectivity index (χ2n) is 7.45. The quantitative estimate of drug-likeness (QED) is 0.829. The lowest BCUT2D eigenvalue weighted by molar-refractivity contribution is 0.296. The molecule has 1 atom stereocenters. The zero-order valence-corrected chi connectivity index (χ0v) is 16.2. The lowest BCUT2D eigenvalue weighted by Gasteiger charge is -2.20. The number of allylic oxidation sites excluding steroid dienone is 4. The van der Waals surface area contributed by atoms with Crippen LogP contribution < -0.4 is 0 Å². The van der Waals surface area contributed by atoms with Crippen LogP contribution in [0.15, 0.2) is 53.6 Å². The van der Waals surface area contributed by atoms with Gasteiger partial charge in [0.05, 0.1) is 17.7 Å². The van der Waals surface area contributed by atoms with Crippen molar-refractivity contribution < 1.29 is 0 Å². The van der Waals surface area contributed by atoms with Gasteiger partial charge in [-0.2, -0.15) is 10.5 Å². The molecule has 0 N–H and O–H groups in total. The van der Waals surface area contributed by atoms with E-state index in [0.29, 0.717) is 11.1 Å². The van der Waals surface area contributed by atoms with Crippen LogP contribution in [0.5, 0.6) is 0 Å². The molecule has 1 aromatic carbocycles. The van der Waals surface area contributed by atoms with E-state index in [1.807, 2.05) is 37.3 Å². The SMILES string of the molecule is Cc1cc(C#N)ccc1C1C=CC(CN2CCCN(C)CC2)=CC(C#N)=C1. The normalized spacial score (nSPS) is 21.4. The molecule has 0 spiro atoms.